The number of hydrogen-bond acceptors (Lipinski definition) is 5. The molecule has 0 aliphatic carbocycles. The highest BCUT2D eigenvalue weighted by Gasteiger charge is 2.43. The van der Waals surface area contributed by atoms with Crippen LogP contribution in [0.5, 0.6) is 0 Å². The quantitative estimate of drug-likeness (QED) is 0.822. The van der Waals surface area contributed by atoms with Crippen molar-refractivity contribution in [3.63, 3.8) is 0 Å². The molecule has 0 spiro atoms. The molecule has 2 N–H and O–H groups in total. The molecule has 8 heteroatoms. The predicted molar refractivity (Wildman–Crippen MR) is 83.9 cm³/mol. The van der Waals surface area contributed by atoms with Crippen LogP contribution in [0.25, 0.3) is 0 Å². The molecule has 0 bridgehead atoms. The van der Waals surface area contributed by atoms with Crippen LogP contribution in [-0.4, -0.2) is 44.1 Å². The van der Waals surface area contributed by atoms with Crippen molar-refractivity contribution in [2.24, 2.45) is 18.4 Å². The molecular formula is C15H26N4O4. The second-order valence-electron chi connectivity index (χ2n) is 6.95. The number of alkyl carbamates (subject to hydrolysis) is 1. The number of aromatic nitrogens is 3. The average Bonchev–Trinajstić information content (AvgIpc) is 2.77. The van der Waals surface area contributed by atoms with Crippen molar-refractivity contribution in [3.05, 3.63) is 12.2 Å². The van der Waals surface area contributed by atoms with Crippen LogP contribution in [0.15, 0.2) is 6.33 Å². The zero-order valence-corrected chi connectivity index (χ0v) is 14.6. The number of nitrogens with zero attached hydrogens (tertiary/aromatic N) is 3. The summed E-state index contributed by atoms with van der Waals surface area (Å²) in [5.41, 5.74) is -1.84. The second-order valence-corrected chi connectivity index (χ2v) is 6.95. The molecule has 0 aliphatic rings. The Labute approximate surface area is 136 Å². The number of hydrogen-bond donors (Lipinski definition) is 2. The highest BCUT2D eigenvalue weighted by Crippen LogP contribution is 2.31. The smallest absolute Gasteiger partial charge is 0.407 e. The maximum Gasteiger partial charge on any atom is 0.407 e. The summed E-state index contributed by atoms with van der Waals surface area (Å²) in [6, 6.07) is 0. The second kappa shape index (κ2) is 6.97. The summed E-state index contributed by atoms with van der Waals surface area (Å²) in [5, 5.41) is 16.3. The number of aliphatic carboxylic acids is 1. The molecule has 1 heterocycles. The summed E-state index contributed by atoms with van der Waals surface area (Å²) < 4.78 is 6.71. The highest BCUT2D eigenvalue weighted by atomic mass is 16.6. The van der Waals surface area contributed by atoms with Gasteiger partial charge in [0.05, 0.1) is 5.41 Å². The van der Waals surface area contributed by atoms with E-state index in [1.54, 1.807) is 41.7 Å². The normalized spacial score (nSPS) is 14.4. The van der Waals surface area contributed by atoms with Crippen molar-refractivity contribution >= 4 is 12.1 Å². The van der Waals surface area contributed by atoms with Crippen LogP contribution in [-0.2, 0) is 23.0 Å². The van der Waals surface area contributed by atoms with E-state index in [0.29, 0.717) is 5.82 Å². The van der Waals surface area contributed by atoms with E-state index in [0.717, 1.165) is 0 Å². The van der Waals surface area contributed by atoms with Crippen LogP contribution in [0.2, 0.25) is 0 Å². The molecule has 8 nitrogen and oxygen atoms in total. The van der Waals surface area contributed by atoms with Gasteiger partial charge in [0.15, 0.2) is 0 Å². The molecule has 1 rings (SSSR count). The molecule has 0 radical (unpaired) electrons. The summed E-state index contributed by atoms with van der Waals surface area (Å²) in [6.07, 6.45) is 0.900. The SMILES string of the molecule is CC(C)C(CNC(=O)OC(C)(C)C)(Cc1ncnn1C)C(=O)O. The molecule has 0 saturated carbocycles. The highest BCUT2D eigenvalue weighted by molar-refractivity contribution is 5.77. The van der Waals surface area contributed by atoms with Gasteiger partial charge in [0.25, 0.3) is 0 Å². The number of ether oxygens (including phenoxy) is 1. The van der Waals surface area contributed by atoms with Crippen LogP contribution in [0, 0.1) is 11.3 Å². The van der Waals surface area contributed by atoms with Gasteiger partial charge in [-0.3, -0.25) is 9.48 Å². The largest absolute Gasteiger partial charge is 0.481 e. The number of carbonyl (C=O) groups is 2. The van der Waals surface area contributed by atoms with E-state index >= 15 is 0 Å². The minimum absolute atomic E-state index is 0.0538. The molecule has 130 valence electrons. The first-order valence-corrected chi connectivity index (χ1v) is 7.51. The summed E-state index contributed by atoms with van der Waals surface area (Å²) in [5.74, 6) is -0.676. The van der Waals surface area contributed by atoms with Gasteiger partial charge in [0, 0.05) is 20.0 Å². The van der Waals surface area contributed by atoms with Gasteiger partial charge >= 0.3 is 12.1 Å². The van der Waals surface area contributed by atoms with E-state index in [9.17, 15) is 14.7 Å². The molecule has 23 heavy (non-hydrogen) atoms. The number of nitrogens with one attached hydrogen (secondary N) is 1. The topological polar surface area (TPSA) is 106 Å². The molecule has 1 aromatic heterocycles. The molecule has 0 aromatic carbocycles. The summed E-state index contributed by atoms with van der Waals surface area (Å²) in [4.78, 5) is 27.9. The van der Waals surface area contributed by atoms with Crippen LogP contribution >= 0.6 is 0 Å². The van der Waals surface area contributed by atoms with Gasteiger partial charge in [-0.1, -0.05) is 13.8 Å². The number of amides is 1. The van der Waals surface area contributed by atoms with Crippen LogP contribution in [0.3, 0.4) is 0 Å². The third-order valence-electron chi connectivity index (χ3n) is 3.76. The van der Waals surface area contributed by atoms with Crippen LogP contribution in [0.1, 0.15) is 40.4 Å². The lowest BCUT2D eigenvalue weighted by Crippen LogP contribution is -2.49. The van der Waals surface area contributed by atoms with E-state index in [1.165, 1.54) is 11.0 Å². The summed E-state index contributed by atoms with van der Waals surface area (Å²) in [6.45, 7) is 8.81. The molecule has 1 amide bonds. The Kier molecular flexibility index (Phi) is 5.74. The van der Waals surface area contributed by atoms with Crippen LogP contribution < -0.4 is 5.32 Å². The van der Waals surface area contributed by atoms with Gasteiger partial charge in [-0.2, -0.15) is 5.10 Å². The fourth-order valence-corrected chi connectivity index (χ4v) is 2.18. The Hall–Kier alpha value is -2.12. The Morgan fingerprint density at radius 3 is 2.39 bits per heavy atom. The lowest BCUT2D eigenvalue weighted by Gasteiger charge is -2.33. The van der Waals surface area contributed by atoms with E-state index in [2.05, 4.69) is 15.4 Å². The predicted octanol–water partition coefficient (Wildman–Crippen LogP) is 1.61. The molecule has 1 unspecified atom stereocenters. The van der Waals surface area contributed by atoms with Crippen molar-refractivity contribution in [2.45, 2.75) is 46.6 Å². The number of rotatable bonds is 6. The van der Waals surface area contributed by atoms with Gasteiger partial charge in [0.1, 0.15) is 17.8 Å². The third kappa shape index (κ3) is 4.94. The molecule has 0 aliphatic heterocycles. The zero-order chi connectivity index (χ0) is 17.8. The summed E-state index contributed by atoms with van der Waals surface area (Å²) >= 11 is 0. The molecule has 0 saturated heterocycles. The van der Waals surface area contributed by atoms with Crippen molar-refractivity contribution in [1.29, 1.82) is 0 Å². The van der Waals surface area contributed by atoms with E-state index in [4.69, 9.17) is 4.74 Å². The number of carboxylic acid groups (broad SMARTS) is 1. The van der Waals surface area contributed by atoms with Crippen molar-refractivity contribution in [3.8, 4) is 0 Å². The van der Waals surface area contributed by atoms with Crippen LogP contribution in [0.4, 0.5) is 4.79 Å². The Balaban J connectivity index is 2.95. The lowest BCUT2D eigenvalue weighted by atomic mass is 9.74. The zero-order valence-electron chi connectivity index (χ0n) is 14.6. The van der Waals surface area contributed by atoms with Gasteiger partial charge < -0.3 is 15.2 Å². The van der Waals surface area contributed by atoms with Crippen molar-refractivity contribution in [1.82, 2.24) is 20.1 Å². The average molecular weight is 326 g/mol. The first kappa shape index (κ1) is 18.9. The van der Waals surface area contributed by atoms with Gasteiger partial charge in [-0.25, -0.2) is 9.78 Å². The first-order chi connectivity index (χ1) is 10.5. The minimum atomic E-state index is -1.20. The van der Waals surface area contributed by atoms with Crippen molar-refractivity contribution in [2.75, 3.05) is 6.54 Å². The monoisotopic (exact) mass is 326 g/mol. The number of carbonyl (C=O) groups excluding carboxylic acids is 1. The third-order valence-corrected chi connectivity index (χ3v) is 3.76. The van der Waals surface area contributed by atoms with E-state index in [-0.39, 0.29) is 18.9 Å². The van der Waals surface area contributed by atoms with E-state index in [1.807, 2.05) is 0 Å². The lowest BCUT2D eigenvalue weighted by molar-refractivity contribution is -0.151. The van der Waals surface area contributed by atoms with Crippen molar-refractivity contribution < 1.29 is 19.4 Å². The number of carboxylic acids is 1. The first-order valence-electron chi connectivity index (χ1n) is 7.51. The molecule has 1 atom stereocenters. The fraction of sp³-hybridized carbons (Fsp3) is 0.733. The standard InChI is InChI=1S/C15H26N4O4/c1-10(2)15(12(20)21,7-11-17-9-18-19(11)6)8-16-13(22)23-14(3,4)5/h9-10H,7-8H2,1-6H3,(H,16,22)(H,20,21). The Morgan fingerprint density at radius 1 is 1.39 bits per heavy atom. The Bertz CT molecular complexity index is 562. The molecular weight excluding hydrogens is 300 g/mol. The van der Waals surface area contributed by atoms with Gasteiger partial charge in [0.2, 0.25) is 0 Å². The maximum atomic E-state index is 11.9. The van der Waals surface area contributed by atoms with E-state index < -0.39 is 23.1 Å². The summed E-state index contributed by atoms with van der Waals surface area (Å²) in [7, 11) is 1.70. The van der Waals surface area contributed by atoms with Gasteiger partial charge in [-0.15, -0.1) is 0 Å². The molecule has 0 fully saturated rings. The number of aryl methyl sites for hydroxylation is 1. The fourth-order valence-electron chi connectivity index (χ4n) is 2.18. The Morgan fingerprint density at radius 2 is 2.00 bits per heavy atom. The minimum Gasteiger partial charge on any atom is -0.481 e. The van der Waals surface area contributed by atoms with Gasteiger partial charge in [-0.05, 0) is 26.7 Å². The maximum absolute atomic E-state index is 11.9. The molecule has 1 aromatic rings.